The Balaban J connectivity index is 1.40. The molecule has 3 aromatic rings. The second kappa shape index (κ2) is 8.71. The van der Waals surface area contributed by atoms with E-state index in [1.54, 1.807) is 14.2 Å². The maximum atomic E-state index is 12.3. The normalized spacial score (nSPS) is 12.1. The average Bonchev–Trinajstić information content (AvgIpc) is 3.23. The van der Waals surface area contributed by atoms with Crippen molar-refractivity contribution in [2.24, 2.45) is 0 Å². The van der Waals surface area contributed by atoms with Gasteiger partial charge in [0.2, 0.25) is 12.7 Å². The van der Waals surface area contributed by atoms with Crippen molar-refractivity contribution < 1.29 is 23.7 Å². The summed E-state index contributed by atoms with van der Waals surface area (Å²) in [5, 5.41) is 4.70. The van der Waals surface area contributed by atoms with Crippen molar-refractivity contribution in [1.29, 1.82) is 0 Å². The maximum absolute atomic E-state index is 12.3. The van der Waals surface area contributed by atoms with E-state index in [0.29, 0.717) is 23.8 Å². The molecule has 0 saturated heterocycles. The highest BCUT2D eigenvalue weighted by Crippen LogP contribution is 2.34. The van der Waals surface area contributed by atoms with Crippen molar-refractivity contribution in [3.05, 3.63) is 47.5 Å². The van der Waals surface area contributed by atoms with Crippen molar-refractivity contribution in [2.75, 3.05) is 26.8 Å². The molecule has 0 unspecified atom stereocenters. The quantitative estimate of drug-likeness (QED) is 0.577. The Morgan fingerprint density at radius 3 is 2.67 bits per heavy atom. The van der Waals surface area contributed by atoms with E-state index in [9.17, 15) is 4.79 Å². The first-order valence-electron chi connectivity index (χ1n) is 9.39. The highest BCUT2D eigenvalue weighted by molar-refractivity contribution is 7.99. The van der Waals surface area contributed by atoms with E-state index in [1.165, 1.54) is 11.8 Å². The van der Waals surface area contributed by atoms with Gasteiger partial charge in [-0.3, -0.25) is 4.79 Å². The molecule has 0 aliphatic carbocycles. The number of ether oxygens (including phenoxy) is 4. The van der Waals surface area contributed by atoms with Crippen LogP contribution in [0.5, 0.6) is 23.0 Å². The third-order valence-electron chi connectivity index (χ3n) is 4.73. The number of hydrogen-bond acceptors (Lipinski definition) is 7. The molecule has 4 rings (SSSR count). The molecule has 8 heteroatoms. The largest absolute Gasteiger partial charge is 0.493 e. The lowest BCUT2D eigenvalue weighted by atomic mass is 10.1. The van der Waals surface area contributed by atoms with Crippen molar-refractivity contribution in [3.8, 4) is 23.0 Å². The minimum absolute atomic E-state index is 0.0636. The number of fused-ring (bicyclic) bond motifs is 2. The van der Waals surface area contributed by atoms with Crippen LogP contribution in [0.25, 0.3) is 10.9 Å². The fourth-order valence-electron chi connectivity index (χ4n) is 3.17. The molecular weight excluding hydrogens is 404 g/mol. The van der Waals surface area contributed by atoms with Gasteiger partial charge in [0.05, 0.1) is 25.5 Å². The third-order valence-corrected chi connectivity index (χ3v) is 5.82. The number of nitrogens with zero attached hydrogens (tertiary/aromatic N) is 1. The first-order valence-corrected chi connectivity index (χ1v) is 10.4. The first-order chi connectivity index (χ1) is 14.6. The summed E-state index contributed by atoms with van der Waals surface area (Å²) in [6.07, 6.45) is 0. The number of carbonyl (C=O) groups is 1. The van der Waals surface area contributed by atoms with Crippen LogP contribution in [0.3, 0.4) is 0 Å². The topological polar surface area (TPSA) is 78.9 Å². The number of nitrogens with one attached hydrogen (secondary N) is 1. The second-order valence-corrected chi connectivity index (χ2v) is 7.73. The molecule has 0 spiro atoms. The molecule has 1 aromatic heterocycles. The van der Waals surface area contributed by atoms with Crippen LogP contribution in [0.4, 0.5) is 0 Å². The van der Waals surface area contributed by atoms with E-state index in [-0.39, 0.29) is 18.5 Å². The first kappa shape index (κ1) is 20.2. The van der Waals surface area contributed by atoms with Crippen LogP contribution in [0.2, 0.25) is 0 Å². The van der Waals surface area contributed by atoms with Crippen LogP contribution < -0.4 is 24.3 Å². The van der Waals surface area contributed by atoms with Crippen molar-refractivity contribution in [1.82, 2.24) is 10.3 Å². The van der Waals surface area contributed by atoms with Gasteiger partial charge in [-0.1, -0.05) is 17.8 Å². The van der Waals surface area contributed by atoms with Gasteiger partial charge in [-0.15, -0.1) is 0 Å². The van der Waals surface area contributed by atoms with Gasteiger partial charge in [0.15, 0.2) is 23.0 Å². The summed E-state index contributed by atoms with van der Waals surface area (Å²) in [7, 11) is 3.20. The number of aromatic nitrogens is 1. The molecule has 1 aliphatic heterocycles. The Kier molecular flexibility index (Phi) is 5.85. The van der Waals surface area contributed by atoms with Gasteiger partial charge >= 0.3 is 0 Å². The van der Waals surface area contributed by atoms with Crippen LogP contribution in [0, 0.1) is 6.92 Å². The van der Waals surface area contributed by atoms with Crippen LogP contribution in [-0.2, 0) is 11.3 Å². The molecule has 1 amide bonds. The van der Waals surface area contributed by atoms with Crippen LogP contribution in [0.15, 0.2) is 41.4 Å². The molecule has 1 aliphatic rings. The standard InChI is InChI=1S/C22H22N2O5S/c1-13-6-15-8-18(26-2)19(27-3)9-16(15)24-22(13)30-11-21(25)23-10-14-4-5-17-20(7-14)29-12-28-17/h4-9H,10-12H2,1-3H3,(H,23,25). The zero-order valence-electron chi connectivity index (χ0n) is 17.0. The molecular formula is C22H22N2O5S. The van der Waals surface area contributed by atoms with E-state index >= 15 is 0 Å². The Morgan fingerprint density at radius 1 is 1.10 bits per heavy atom. The van der Waals surface area contributed by atoms with E-state index in [1.807, 2.05) is 43.3 Å². The van der Waals surface area contributed by atoms with Gasteiger partial charge in [-0.2, -0.15) is 0 Å². The maximum Gasteiger partial charge on any atom is 0.231 e. The van der Waals surface area contributed by atoms with E-state index in [0.717, 1.165) is 32.8 Å². The zero-order chi connectivity index (χ0) is 21.1. The number of thioether (sulfide) groups is 1. The Hall–Kier alpha value is -3.13. The van der Waals surface area contributed by atoms with Crippen molar-refractivity contribution >= 4 is 28.6 Å². The summed E-state index contributed by atoms with van der Waals surface area (Å²) in [5.41, 5.74) is 2.75. The van der Waals surface area contributed by atoms with Gasteiger partial charge < -0.3 is 24.3 Å². The number of rotatable bonds is 7. The highest BCUT2D eigenvalue weighted by atomic mass is 32.2. The second-order valence-electron chi connectivity index (χ2n) is 6.76. The molecule has 0 atom stereocenters. The third kappa shape index (κ3) is 4.23. The average molecular weight is 426 g/mol. The summed E-state index contributed by atoms with van der Waals surface area (Å²) >= 11 is 1.41. The SMILES string of the molecule is COc1cc2cc(C)c(SCC(=O)NCc3ccc4c(c3)OCO4)nc2cc1OC. The number of amides is 1. The molecule has 0 fully saturated rings. The number of methoxy groups -OCH3 is 2. The molecule has 7 nitrogen and oxygen atoms in total. The lowest BCUT2D eigenvalue weighted by molar-refractivity contribution is -0.118. The molecule has 0 bridgehead atoms. The number of benzene rings is 2. The number of pyridine rings is 1. The van der Waals surface area contributed by atoms with Crippen LogP contribution in [-0.4, -0.2) is 37.7 Å². The Morgan fingerprint density at radius 2 is 1.87 bits per heavy atom. The minimum atomic E-state index is -0.0636. The molecule has 0 radical (unpaired) electrons. The van der Waals surface area contributed by atoms with Crippen molar-refractivity contribution in [2.45, 2.75) is 18.5 Å². The predicted molar refractivity (Wildman–Crippen MR) is 115 cm³/mol. The highest BCUT2D eigenvalue weighted by Gasteiger charge is 2.14. The van der Waals surface area contributed by atoms with Gasteiger partial charge in [0.1, 0.15) is 5.03 Å². The fraction of sp³-hybridized carbons (Fsp3) is 0.273. The number of hydrogen-bond donors (Lipinski definition) is 1. The fourth-order valence-corrected chi connectivity index (χ4v) is 3.99. The Labute approximate surface area is 178 Å². The molecule has 0 saturated carbocycles. The number of carbonyl (C=O) groups excluding carboxylic acids is 1. The summed E-state index contributed by atoms with van der Waals surface area (Å²) in [4.78, 5) is 17.0. The molecule has 30 heavy (non-hydrogen) atoms. The number of aryl methyl sites for hydroxylation is 1. The van der Waals surface area contributed by atoms with E-state index in [4.69, 9.17) is 23.9 Å². The molecule has 2 aromatic carbocycles. The smallest absolute Gasteiger partial charge is 0.231 e. The predicted octanol–water partition coefficient (Wildman–Crippen LogP) is 3.70. The summed E-state index contributed by atoms with van der Waals surface area (Å²) in [5.74, 6) is 2.93. The molecule has 2 heterocycles. The van der Waals surface area contributed by atoms with E-state index in [2.05, 4.69) is 5.32 Å². The monoisotopic (exact) mass is 426 g/mol. The minimum Gasteiger partial charge on any atom is -0.493 e. The van der Waals surface area contributed by atoms with Gasteiger partial charge in [0, 0.05) is 18.0 Å². The van der Waals surface area contributed by atoms with E-state index < -0.39 is 0 Å². The van der Waals surface area contributed by atoms with Gasteiger partial charge in [0.25, 0.3) is 0 Å². The molecule has 156 valence electrons. The zero-order valence-corrected chi connectivity index (χ0v) is 17.8. The lowest BCUT2D eigenvalue weighted by Gasteiger charge is -2.11. The summed E-state index contributed by atoms with van der Waals surface area (Å²) in [6, 6.07) is 11.4. The van der Waals surface area contributed by atoms with Crippen molar-refractivity contribution in [3.63, 3.8) is 0 Å². The van der Waals surface area contributed by atoms with Gasteiger partial charge in [-0.25, -0.2) is 4.98 Å². The lowest BCUT2D eigenvalue weighted by Crippen LogP contribution is -2.24. The Bertz CT molecular complexity index is 1100. The van der Waals surface area contributed by atoms with Crippen LogP contribution >= 0.6 is 11.8 Å². The molecule has 1 N–H and O–H groups in total. The van der Waals surface area contributed by atoms with Crippen LogP contribution in [0.1, 0.15) is 11.1 Å². The summed E-state index contributed by atoms with van der Waals surface area (Å²) in [6.45, 7) is 2.64. The summed E-state index contributed by atoms with van der Waals surface area (Å²) < 4.78 is 21.4. The van der Waals surface area contributed by atoms with Gasteiger partial charge in [-0.05, 0) is 42.3 Å².